The van der Waals surface area contributed by atoms with Crippen LogP contribution in [-0.2, 0) is 22.6 Å². The fourth-order valence-electron chi connectivity index (χ4n) is 6.42. The molecule has 0 radical (unpaired) electrons. The fourth-order valence-corrected chi connectivity index (χ4v) is 6.42. The maximum absolute atomic E-state index is 14.4. The number of aromatic nitrogens is 2. The molecule has 1 unspecified atom stereocenters. The monoisotopic (exact) mass is 599 g/mol. The Hall–Kier alpha value is -3.24. The van der Waals surface area contributed by atoms with Crippen molar-refractivity contribution in [3.63, 3.8) is 0 Å². The van der Waals surface area contributed by atoms with Gasteiger partial charge in [-0.3, -0.25) is 9.59 Å². The predicted octanol–water partition coefficient (Wildman–Crippen LogP) is 4.81. The normalized spacial score (nSPS) is 22.0. The van der Waals surface area contributed by atoms with E-state index in [9.17, 15) is 23.5 Å². The van der Waals surface area contributed by atoms with E-state index in [1.165, 1.54) is 0 Å². The van der Waals surface area contributed by atoms with E-state index in [0.717, 1.165) is 48.0 Å². The molecule has 0 saturated heterocycles. The van der Waals surface area contributed by atoms with Crippen molar-refractivity contribution >= 4 is 11.8 Å². The Bertz CT molecular complexity index is 1280. The maximum atomic E-state index is 14.4. The van der Waals surface area contributed by atoms with Crippen molar-refractivity contribution in [2.45, 2.75) is 91.7 Å². The molecule has 1 heterocycles. The van der Waals surface area contributed by atoms with E-state index in [1.54, 1.807) is 24.2 Å². The standard InChI is InChI=1S/C33H47F2N5O3/c1-6-11-40(12-7-2)31(43)32(9-8-10-37-20-27-16-28(22(3)4)39-21-38-27)17-23(5)18-33(29(32)41,30(36)42)19-24-13-25(34)15-26(35)14-24/h13-16,18,21-22,29,37,41H,6-12,17,19-20H2,1-5H3,(H2,36,42)/t29-,32?,33-/m1/s1. The Labute approximate surface area is 254 Å². The van der Waals surface area contributed by atoms with Crippen LogP contribution in [0.4, 0.5) is 8.78 Å². The zero-order valence-corrected chi connectivity index (χ0v) is 26.1. The van der Waals surface area contributed by atoms with Gasteiger partial charge in [0.25, 0.3) is 0 Å². The van der Waals surface area contributed by atoms with E-state index < -0.39 is 34.5 Å². The van der Waals surface area contributed by atoms with Crippen LogP contribution in [0.2, 0.25) is 0 Å². The van der Waals surface area contributed by atoms with Crippen LogP contribution < -0.4 is 11.1 Å². The van der Waals surface area contributed by atoms with E-state index in [4.69, 9.17) is 5.73 Å². The second kappa shape index (κ2) is 15.0. The number of primary amides is 1. The van der Waals surface area contributed by atoms with Crippen LogP contribution in [0.1, 0.15) is 89.6 Å². The van der Waals surface area contributed by atoms with Gasteiger partial charge in [-0.15, -0.1) is 0 Å². The lowest BCUT2D eigenvalue weighted by Crippen LogP contribution is -2.62. The van der Waals surface area contributed by atoms with E-state index in [1.807, 2.05) is 19.9 Å². The number of carbonyl (C=O) groups is 2. The number of allylic oxidation sites excluding steroid dienone is 1. The molecule has 1 aromatic heterocycles. The van der Waals surface area contributed by atoms with Crippen LogP contribution in [0.3, 0.4) is 0 Å². The lowest BCUT2D eigenvalue weighted by atomic mass is 9.57. The molecular formula is C33H47F2N5O3. The van der Waals surface area contributed by atoms with E-state index in [-0.39, 0.29) is 36.7 Å². The van der Waals surface area contributed by atoms with E-state index in [0.29, 0.717) is 32.6 Å². The van der Waals surface area contributed by atoms with Gasteiger partial charge >= 0.3 is 0 Å². The summed E-state index contributed by atoms with van der Waals surface area (Å²) in [5, 5.41) is 15.6. The summed E-state index contributed by atoms with van der Waals surface area (Å²) in [5.41, 5.74) is 5.60. The summed E-state index contributed by atoms with van der Waals surface area (Å²) in [4.78, 5) is 38.1. The number of aliphatic hydroxyl groups is 1. The van der Waals surface area contributed by atoms with Crippen LogP contribution in [0.5, 0.6) is 0 Å². The molecule has 0 saturated carbocycles. The molecule has 4 N–H and O–H groups in total. The van der Waals surface area contributed by atoms with E-state index >= 15 is 0 Å². The molecule has 2 aromatic rings. The van der Waals surface area contributed by atoms with Crippen molar-refractivity contribution < 1.29 is 23.5 Å². The van der Waals surface area contributed by atoms with Crippen molar-refractivity contribution in [3.05, 3.63) is 70.8 Å². The third kappa shape index (κ3) is 8.03. The molecule has 8 nitrogen and oxygen atoms in total. The first-order valence-electron chi connectivity index (χ1n) is 15.3. The third-order valence-corrected chi connectivity index (χ3v) is 8.31. The summed E-state index contributed by atoms with van der Waals surface area (Å²) in [6, 6.07) is 4.97. The zero-order valence-electron chi connectivity index (χ0n) is 26.1. The molecule has 1 aliphatic rings. The number of hydrogen-bond donors (Lipinski definition) is 3. The van der Waals surface area contributed by atoms with E-state index in [2.05, 4.69) is 29.1 Å². The predicted molar refractivity (Wildman–Crippen MR) is 163 cm³/mol. The minimum atomic E-state index is -1.73. The number of benzene rings is 1. The van der Waals surface area contributed by atoms with Crippen molar-refractivity contribution in [2.24, 2.45) is 16.6 Å². The van der Waals surface area contributed by atoms with Gasteiger partial charge in [-0.05, 0) is 81.7 Å². The highest BCUT2D eigenvalue weighted by atomic mass is 19.1. The minimum Gasteiger partial charge on any atom is -0.391 e. The van der Waals surface area contributed by atoms with Crippen LogP contribution in [0.15, 0.2) is 42.2 Å². The average Bonchev–Trinajstić information content (AvgIpc) is 2.94. The molecule has 10 heteroatoms. The van der Waals surface area contributed by atoms with Gasteiger partial charge in [0.1, 0.15) is 18.0 Å². The highest BCUT2D eigenvalue weighted by Crippen LogP contribution is 2.51. The van der Waals surface area contributed by atoms with Crippen LogP contribution in [0, 0.1) is 22.5 Å². The van der Waals surface area contributed by atoms with Crippen molar-refractivity contribution in [3.8, 4) is 0 Å². The molecule has 0 spiro atoms. The zero-order chi connectivity index (χ0) is 31.8. The third-order valence-electron chi connectivity index (χ3n) is 8.31. The molecular weight excluding hydrogens is 552 g/mol. The van der Waals surface area contributed by atoms with Gasteiger partial charge in [0.05, 0.1) is 22.6 Å². The van der Waals surface area contributed by atoms with Crippen LogP contribution in [-0.4, -0.2) is 57.5 Å². The smallest absolute Gasteiger partial charge is 0.231 e. The first kappa shape index (κ1) is 34.3. The number of aliphatic hydroxyl groups excluding tert-OH is 1. The average molecular weight is 600 g/mol. The summed E-state index contributed by atoms with van der Waals surface area (Å²) in [5.74, 6) is -2.39. The van der Waals surface area contributed by atoms with Gasteiger partial charge in [0, 0.05) is 31.4 Å². The molecule has 2 amide bonds. The number of hydrogen-bond acceptors (Lipinski definition) is 6. The van der Waals surface area contributed by atoms with Gasteiger partial charge in [-0.1, -0.05) is 39.3 Å². The van der Waals surface area contributed by atoms with Gasteiger partial charge in [-0.25, -0.2) is 18.7 Å². The number of nitrogens with zero attached hydrogens (tertiary/aromatic N) is 3. The molecule has 1 aromatic carbocycles. The van der Waals surface area contributed by atoms with Gasteiger partial charge in [0.2, 0.25) is 11.8 Å². The number of halogens is 2. The number of nitrogens with one attached hydrogen (secondary N) is 1. The van der Waals surface area contributed by atoms with Gasteiger partial charge in [0.15, 0.2) is 0 Å². The summed E-state index contributed by atoms with van der Waals surface area (Å²) >= 11 is 0. The van der Waals surface area contributed by atoms with Crippen LogP contribution in [0.25, 0.3) is 0 Å². The Morgan fingerprint density at radius 2 is 1.77 bits per heavy atom. The summed E-state index contributed by atoms with van der Waals surface area (Å²) in [6.45, 7) is 12.0. The quantitative estimate of drug-likeness (QED) is 0.200. The molecule has 3 rings (SSSR count). The lowest BCUT2D eigenvalue weighted by Gasteiger charge is -2.50. The molecule has 3 atom stereocenters. The summed E-state index contributed by atoms with van der Waals surface area (Å²) in [6.07, 6.45) is 3.91. The summed E-state index contributed by atoms with van der Waals surface area (Å²) < 4.78 is 28.3. The number of nitrogens with two attached hydrogens (primary N) is 1. The second-order valence-electron chi connectivity index (χ2n) is 12.2. The molecule has 0 aliphatic heterocycles. The largest absolute Gasteiger partial charge is 0.391 e. The maximum Gasteiger partial charge on any atom is 0.231 e. The lowest BCUT2D eigenvalue weighted by molar-refractivity contribution is -0.162. The van der Waals surface area contributed by atoms with Crippen LogP contribution >= 0.6 is 0 Å². The van der Waals surface area contributed by atoms with Crippen molar-refractivity contribution in [1.82, 2.24) is 20.2 Å². The SMILES string of the molecule is CCCN(CCC)C(=O)C1(CCCNCc2cc(C(C)C)ncn2)CC(C)=C[C@](Cc2cc(F)cc(F)c2)(C(N)=O)[C@@H]1O. The summed E-state index contributed by atoms with van der Waals surface area (Å²) in [7, 11) is 0. The number of rotatable bonds is 15. The molecule has 0 fully saturated rings. The Kier molecular flexibility index (Phi) is 11.9. The Balaban J connectivity index is 1.95. The van der Waals surface area contributed by atoms with Crippen molar-refractivity contribution in [2.75, 3.05) is 19.6 Å². The number of carbonyl (C=O) groups excluding carboxylic acids is 2. The van der Waals surface area contributed by atoms with Gasteiger partial charge in [-0.2, -0.15) is 0 Å². The minimum absolute atomic E-state index is 0.175. The topological polar surface area (TPSA) is 121 Å². The highest BCUT2D eigenvalue weighted by Gasteiger charge is 2.59. The Morgan fingerprint density at radius 3 is 2.35 bits per heavy atom. The first-order valence-corrected chi connectivity index (χ1v) is 15.3. The molecule has 43 heavy (non-hydrogen) atoms. The molecule has 0 bridgehead atoms. The first-order chi connectivity index (χ1) is 20.4. The number of amides is 2. The Morgan fingerprint density at radius 1 is 1.12 bits per heavy atom. The van der Waals surface area contributed by atoms with Gasteiger partial charge < -0.3 is 21.1 Å². The second-order valence-corrected chi connectivity index (χ2v) is 12.2. The highest BCUT2D eigenvalue weighted by molar-refractivity contribution is 5.90. The fraction of sp³-hybridized carbons (Fsp3) is 0.576. The molecule has 1 aliphatic carbocycles. The molecule has 236 valence electrons. The van der Waals surface area contributed by atoms with Crippen molar-refractivity contribution in [1.29, 1.82) is 0 Å².